The van der Waals surface area contributed by atoms with E-state index in [1.165, 1.54) is 18.3 Å². The number of amides is 2. The summed E-state index contributed by atoms with van der Waals surface area (Å²) in [6, 6.07) is 12.3. The monoisotopic (exact) mass is 341 g/mol. The van der Waals surface area contributed by atoms with Gasteiger partial charge in [-0.05, 0) is 36.4 Å². The fourth-order valence-electron chi connectivity index (χ4n) is 2.22. The maximum atomic E-state index is 12.3. The maximum Gasteiger partial charge on any atom is 0.257 e. The Morgan fingerprint density at radius 3 is 2.50 bits per heavy atom. The van der Waals surface area contributed by atoms with Gasteiger partial charge in [0, 0.05) is 18.2 Å². The van der Waals surface area contributed by atoms with E-state index in [0.717, 1.165) is 10.2 Å². The number of nitrogens with one attached hydrogen (secondary N) is 2. The van der Waals surface area contributed by atoms with Gasteiger partial charge in [-0.1, -0.05) is 17.4 Å². The van der Waals surface area contributed by atoms with Gasteiger partial charge in [0.05, 0.1) is 11.8 Å². The molecule has 0 unspecified atom stereocenters. The first-order valence-corrected chi connectivity index (χ1v) is 8.01. The number of fused-ring (bicyclic) bond motifs is 1. The van der Waals surface area contributed by atoms with Crippen molar-refractivity contribution in [2.75, 3.05) is 17.7 Å². The van der Waals surface area contributed by atoms with Crippen LogP contribution in [0.2, 0.25) is 0 Å². The lowest BCUT2D eigenvalue weighted by molar-refractivity contribution is -0.114. The molecule has 0 aliphatic heterocycles. The van der Waals surface area contributed by atoms with Gasteiger partial charge in [-0.2, -0.15) is 0 Å². The summed E-state index contributed by atoms with van der Waals surface area (Å²) in [5.41, 5.74) is 1.85. The Morgan fingerprint density at radius 2 is 1.83 bits per heavy atom. The number of anilines is 2. The molecule has 1 aromatic heterocycles. The molecule has 0 saturated heterocycles. The second-order valence-electron chi connectivity index (χ2n) is 5.04. The highest BCUT2D eigenvalue weighted by atomic mass is 32.1. The van der Waals surface area contributed by atoms with Crippen molar-refractivity contribution in [3.8, 4) is 5.75 Å². The first kappa shape index (κ1) is 15.9. The summed E-state index contributed by atoms with van der Waals surface area (Å²) < 4.78 is 6.21. The van der Waals surface area contributed by atoms with Crippen LogP contribution in [0.25, 0.3) is 10.2 Å². The third kappa shape index (κ3) is 3.36. The molecule has 0 fully saturated rings. The van der Waals surface area contributed by atoms with E-state index < -0.39 is 0 Å². The fourth-order valence-corrected chi connectivity index (χ4v) is 3.10. The van der Waals surface area contributed by atoms with E-state index in [9.17, 15) is 9.59 Å². The fraction of sp³-hybridized carbons (Fsp3) is 0.118. The number of hydrogen-bond acceptors (Lipinski definition) is 5. The third-order valence-electron chi connectivity index (χ3n) is 3.29. The van der Waals surface area contributed by atoms with Crippen LogP contribution in [0.5, 0.6) is 5.75 Å². The lowest BCUT2D eigenvalue weighted by Crippen LogP contribution is -2.12. The van der Waals surface area contributed by atoms with Crippen molar-refractivity contribution in [1.82, 2.24) is 4.98 Å². The van der Waals surface area contributed by atoms with Gasteiger partial charge in [-0.25, -0.2) is 4.98 Å². The predicted octanol–water partition coefficient (Wildman–Crippen LogP) is 3.52. The lowest BCUT2D eigenvalue weighted by atomic mass is 10.2. The molecule has 6 nitrogen and oxygen atoms in total. The molecule has 0 spiro atoms. The second-order valence-corrected chi connectivity index (χ2v) is 6.07. The third-order valence-corrected chi connectivity index (χ3v) is 4.23. The van der Waals surface area contributed by atoms with E-state index in [-0.39, 0.29) is 11.8 Å². The Kier molecular flexibility index (Phi) is 4.43. The van der Waals surface area contributed by atoms with Crippen LogP contribution in [-0.2, 0) is 4.79 Å². The molecule has 3 rings (SSSR count). The number of hydrogen-bond donors (Lipinski definition) is 2. The van der Waals surface area contributed by atoms with Gasteiger partial charge < -0.3 is 10.1 Å². The van der Waals surface area contributed by atoms with Crippen molar-refractivity contribution < 1.29 is 14.3 Å². The number of aromatic nitrogens is 1. The first-order valence-electron chi connectivity index (χ1n) is 7.19. The van der Waals surface area contributed by atoms with Gasteiger partial charge in [-0.3, -0.25) is 14.9 Å². The number of thiazole rings is 1. The number of benzene rings is 2. The van der Waals surface area contributed by atoms with Crippen LogP contribution in [-0.4, -0.2) is 23.9 Å². The summed E-state index contributed by atoms with van der Waals surface area (Å²) in [6.45, 7) is 1.43. The number of ether oxygens (including phenoxy) is 1. The van der Waals surface area contributed by atoms with Gasteiger partial charge in [-0.15, -0.1) is 0 Å². The maximum absolute atomic E-state index is 12.3. The SMILES string of the molecule is COc1cccc2sc(NC(=O)c3ccc(NC(C)=O)cc3)nc12. The van der Waals surface area contributed by atoms with Gasteiger partial charge in [0.25, 0.3) is 5.91 Å². The summed E-state index contributed by atoms with van der Waals surface area (Å²) in [4.78, 5) is 27.7. The van der Waals surface area contributed by atoms with Crippen molar-refractivity contribution in [3.63, 3.8) is 0 Å². The van der Waals surface area contributed by atoms with Crippen LogP contribution in [0.4, 0.5) is 10.8 Å². The van der Waals surface area contributed by atoms with E-state index in [1.807, 2.05) is 18.2 Å². The molecule has 0 saturated carbocycles. The van der Waals surface area contributed by atoms with E-state index in [1.54, 1.807) is 31.4 Å². The molecule has 1 heterocycles. The molecule has 2 N–H and O–H groups in total. The van der Waals surface area contributed by atoms with Crippen LogP contribution in [0.1, 0.15) is 17.3 Å². The van der Waals surface area contributed by atoms with Crippen LogP contribution >= 0.6 is 11.3 Å². The average Bonchev–Trinajstić information content (AvgIpc) is 2.97. The number of methoxy groups -OCH3 is 1. The van der Waals surface area contributed by atoms with E-state index in [4.69, 9.17) is 4.74 Å². The Balaban J connectivity index is 1.78. The summed E-state index contributed by atoms with van der Waals surface area (Å²) >= 11 is 1.38. The average molecular weight is 341 g/mol. The van der Waals surface area contributed by atoms with Crippen LogP contribution < -0.4 is 15.4 Å². The molecular formula is C17H15N3O3S. The van der Waals surface area contributed by atoms with Gasteiger partial charge in [0.1, 0.15) is 11.3 Å². The quantitative estimate of drug-likeness (QED) is 0.761. The number of carbonyl (C=O) groups is 2. The predicted molar refractivity (Wildman–Crippen MR) is 94.9 cm³/mol. The smallest absolute Gasteiger partial charge is 0.257 e. The highest BCUT2D eigenvalue weighted by Crippen LogP contribution is 2.32. The topological polar surface area (TPSA) is 80.3 Å². The van der Waals surface area contributed by atoms with Gasteiger partial charge >= 0.3 is 0 Å². The van der Waals surface area contributed by atoms with Crippen LogP contribution in [0.15, 0.2) is 42.5 Å². The molecule has 24 heavy (non-hydrogen) atoms. The van der Waals surface area contributed by atoms with Gasteiger partial charge in [0.2, 0.25) is 5.91 Å². The number of rotatable bonds is 4. The largest absolute Gasteiger partial charge is 0.494 e. The van der Waals surface area contributed by atoms with E-state index in [0.29, 0.717) is 22.1 Å². The van der Waals surface area contributed by atoms with Crippen molar-refractivity contribution in [2.24, 2.45) is 0 Å². The zero-order chi connectivity index (χ0) is 17.1. The molecule has 7 heteroatoms. The van der Waals surface area contributed by atoms with Gasteiger partial charge in [0.15, 0.2) is 5.13 Å². The minimum atomic E-state index is -0.262. The number of carbonyl (C=O) groups excluding carboxylic acids is 2. The molecule has 122 valence electrons. The summed E-state index contributed by atoms with van der Waals surface area (Å²) in [5.74, 6) is 0.252. The van der Waals surface area contributed by atoms with E-state index >= 15 is 0 Å². The molecule has 0 aliphatic rings. The Bertz CT molecular complexity index is 903. The highest BCUT2D eigenvalue weighted by Gasteiger charge is 2.12. The molecule has 0 radical (unpaired) electrons. The standard InChI is InChI=1S/C17H15N3O3S/c1-10(21)18-12-8-6-11(7-9-12)16(22)20-17-19-15-13(23-2)4-3-5-14(15)24-17/h3-9H,1-2H3,(H,18,21)(H,19,20,22). The van der Waals surface area contributed by atoms with Crippen molar-refractivity contribution in [2.45, 2.75) is 6.92 Å². The second kappa shape index (κ2) is 6.67. The Labute approximate surface area is 142 Å². The molecular weight excluding hydrogens is 326 g/mol. The molecule has 3 aromatic rings. The Hall–Kier alpha value is -2.93. The zero-order valence-electron chi connectivity index (χ0n) is 13.1. The molecule has 0 aliphatic carbocycles. The Morgan fingerprint density at radius 1 is 1.08 bits per heavy atom. The minimum Gasteiger partial charge on any atom is -0.494 e. The molecule has 0 bridgehead atoms. The van der Waals surface area contributed by atoms with Crippen molar-refractivity contribution in [1.29, 1.82) is 0 Å². The summed E-state index contributed by atoms with van der Waals surface area (Å²) in [5, 5.41) is 5.95. The normalized spacial score (nSPS) is 10.4. The van der Waals surface area contributed by atoms with Crippen molar-refractivity contribution >= 4 is 44.2 Å². The summed E-state index contributed by atoms with van der Waals surface area (Å²) in [7, 11) is 1.59. The molecule has 2 amide bonds. The van der Waals surface area contributed by atoms with Crippen LogP contribution in [0.3, 0.4) is 0 Å². The molecule has 2 aromatic carbocycles. The zero-order valence-corrected chi connectivity index (χ0v) is 13.9. The summed E-state index contributed by atoms with van der Waals surface area (Å²) in [6.07, 6.45) is 0. The van der Waals surface area contributed by atoms with Crippen LogP contribution in [0, 0.1) is 0 Å². The number of para-hydroxylation sites is 1. The first-order chi connectivity index (χ1) is 11.6. The highest BCUT2D eigenvalue weighted by molar-refractivity contribution is 7.22. The minimum absolute atomic E-state index is 0.157. The van der Waals surface area contributed by atoms with E-state index in [2.05, 4.69) is 15.6 Å². The lowest BCUT2D eigenvalue weighted by Gasteiger charge is -2.04. The molecule has 0 atom stereocenters. The number of nitrogens with zero attached hydrogens (tertiary/aromatic N) is 1. The van der Waals surface area contributed by atoms with Crippen molar-refractivity contribution in [3.05, 3.63) is 48.0 Å².